The third-order valence-electron chi connectivity index (χ3n) is 4.31. The van der Waals surface area contributed by atoms with Crippen LogP contribution in [0.2, 0.25) is 10.0 Å². The molecule has 0 atom stereocenters. The van der Waals surface area contributed by atoms with Gasteiger partial charge in [-0.25, -0.2) is 9.79 Å². The number of halogens is 2. The Morgan fingerprint density at radius 2 is 1.85 bits per heavy atom. The van der Waals surface area contributed by atoms with E-state index in [1.165, 1.54) is 16.9 Å². The van der Waals surface area contributed by atoms with E-state index in [1.54, 1.807) is 12.1 Å². The van der Waals surface area contributed by atoms with Crippen LogP contribution >= 0.6 is 34.5 Å². The van der Waals surface area contributed by atoms with E-state index in [0.717, 1.165) is 15.6 Å². The Labute approximate surface area is 170 Å². The largest absolute Gasteiger partial charge is 0.401 e. The van der Waals surface area contributed by atoms with Crippen LogP contribution in [0.3, 0.4) is 0 Å². The molecule has 0 amide bonds. The Morgan fingerprint density at radius 3 is 2.56 bits per heavy atom. The van der Waals surface area contributed by atoms with Crippen LogP contribution in [0, 0.1) is 0 Å². The summed E-state index contributed by atoms with van der Waals surface area (Å²) in [5.74, 6) is 0.202. The van der Waals surface area contributed by atoms with Crippen molar-refractivity contribution < 1.29 is 9.53 Å². The van der Waals surface area contributed by atoms with Gasteiger partial charge in [0.05, 0.1) is 5.02 Å². The first-order valence-corrected chi connectivity index (χ1v) is 10.00. The van der Waals surface area contributed by atoms with E-state index in [-0.39, 0.29) is 11.6 Å². The standard InChI is InChI=1S/C21H15Cl2NO2S/c1-11(2)13-5-3-12(4-6-13)9-16-21(25)26-20(24-16)19-18(23)15-8-7-14(22)10-17(15)27-19/h3-11H,1-2H3/b16-9-. The van der Waals surface area contributed by atoms with Crippen molar-refractivity contribution in [2.45, 2.75) is 19.8 Å². The number of carbonyl (C=O) groups excluding carboxylic acids is 1. The fourth-order valence-corrected chi connectivity index (χ4v) is 4.53. The lowest BCUT2D eigenvalue weighted by Gasteiger charge is -2.04. The summed E-state index contributed by atoms with van der Waals surface area (Å²) in [6.45, 7) is 4.28. The number of hydrogen-bond donors (Lipinski definition) is 0. The fourth-order valence-electron chi connectivity index (χ4n) is 2.82. The second-order valence-electron chi connectivity index (χ2n) is 6.54. The zero-order valence-corrected chi connectivity index (χ0v) is 17.0. The van der Waals surface area contributed by atoms with Crippen LogP contribution < -0.4 is 0 Å². The molecule has 0 unspecified atom stereocenters. The maximum Gasteiger partial charge on any atom is 0.363 e. The van der Waals surface area contributed by atoms with Crippen LogP contribution in [-0.4, -0.2) is 11.9 Å². The van der Waals surface area contributed by atoms with Crippen LogP contribution in [0.25, 0.3) is 16.2 Å². The average Bonchev–Trinajstić information content (AvgIpc) is 3.15. The van der Waals surface area contributed by atoms with Crippen molar-refractivity contribution in [1.82, 2.24) is 0 Å². The molecule has 0 saturated heterocycles. The molecule has 2 heterocycles. The first-order chi connectivity index (χ1) is 12.9. The number of aliphatic imine (C=N–C) groups is 1. The second-order valence-corrected chi connectivity index (χ2v) is 8.41. The molecule has 27 heavy (non-hydrogen) atoms. The van der Waals surface area contributed by atoms with E-state index in [4.69, 9.17) is 27.9 Å². The first kappa shape index (κ1) is 18.2. The SMILES string of the molecule is CC(C)c1ccc(/C=C2\N=C(c3sc4cc(Cl)ccc4c3Cl)OC2=O)cc1. The van der Waals surface area contributed by atoms with Crippen LogP contribution in [0.15, 0.2) is 53.2 Å². The number of cyclic esters (lactones) is 1. The smallest absolute Gasteiger partial charge is 0.363 e. The molecule has 0 radical (unpaired) electrons. The van der Waals surface area contributed by atoms with E-state index in [9.17, 15) is 4.79 Å². The molecule has 3 nitrogen and oxygen atoms in total. The number of nitrogens with zero attached hydrogens (tertiary/aromatic N) is 1. The maximum atomic E-state index is 12.3. The molecular weight excluding hydrogens is 401 g/mol. The molecule has 3 aromatic rings. The van der Waals surface area contributed by atoms with Gasteiger partial charge in [-0.15, -0.1) is 11.3 Å². The zero-order chi connectivity index (χ0) is 19.1. The molecule has 0 aliphatic carbocycles. The molecule has 6 heteroatoms. The highest BCUT2D eigenvalue weighted by Crippen LogP contribution is 2.38. The minimum atomic E-state index is -0.482. The number of benzene rings is 2. The molecule has 0 spiro atoms. The number of thiophene rings is 1. The monoisotopic (exact) mass is 415 g/mol. The molecule has 1 aliphatic rings. The molecule has 136 valence electrons. The van der Waals surface area contributed by atoms with E-state index >= 15 is 0 Å². The maximum absolute atomic E-state index is 12.3. The summed E-state index contributed by atoms with van der Waals surface area (Å²) in [5, 5.41) is 2.00. The van der Waals surface area contributed by atoms with Gasteiger partial charge in [0, 0.05) is 15.1 Å². The van der Waals surface area contributed by atoms with E-state index < -0.39 is 5.97 Å². The normalized spacial score (nSPS) is 15.7. The lowest BCUT2D eigenvalue weighted by molar-refractivity contribution is -0.129. The number of carbonyl (C=O) groups is 1. The Kier molecular flexibility index (Phi) is 4.81. The predicted molar refractivity (Wildman–Crippen MR) is 113 cm³/mol. The van der Waals surface area contributed by atoms with Crippen molar-refractivity contribution in [1.29, 1.82) is 0 Å². The van der Waals surface area contributed by atoms with Crippen molar-refractivity contribution in [3.63, 3.8) is 0 Å². The van der Waals surface area contributed by atoms with E-state index in [0.29, 0.717) is 20.8 Å². The zero-order valence-electron chi connectivity index (χ0n) is 14.6. The molecule has 2 aromatic carbocycles. The van der Waals surface area contributed by atoms with Gasteiger partial charge in [-0.3, -0.25) is 0 Å². The van der Waals surface area contributed by atoms with E-state index in [2.05, 4.69) is 31.0 Å². The predicted octanol–water partition coefficient (Wildman–Crippen LogP) is 6.68. The van der Waals surface area contributed by atoms with Crippen LogP contribution in [-0.2, 0) is 9.53 Å². The topological polar surface area (TPSA) is 38.7 Å². The summed E-state index contributed by atoms with van der Waals surface area (Å²) in [7, 11) is 0. The number of fused-ring (bicyclic) bond motifs is 1. The lowest BCUT2D eigenvalue weighted by atomic mass is 10.0. The highest BCUT2D eigenvalue weighted by molar-refractivity contribution is 7.21. The van der Waals surface area contributed by atoms with Gasteiger partial charge in [-0.1, -0.05) is 67.4 Å². The van der Waals surface area contributed by atoms with Crippen molar-refractivity contribution in [3.05, 3.63) is 74.2 Å². The van der Waals surface area contributed by atoms with Crippen LogP contribution in [0.1, 0.15) is 35.8 Å². The minimum absolute atomic E-state index is 0.229. The summed E-state index contributed by atoms with van der Waals surface area (Å²) in [4.78, 5) is 17.2. The summed E-state index contributed by atoms with van der Waals surface area (Å²) in [6.07, 6.45) is 1.72. The van der Waals surface area contributed by atoms with Gasteiger partial charge in [0.15, 0.2) is 5.70 Å². The first-order valence-electron chi connectivity index (χ1n) is 8.43. The average molecular weight is 416 g/mol. The fraction of sp³-hybridized carbons (Fsp3) is 0.143. The van der Waals surface area contributed by atoms with Crippen LogP contribution in [0.5, 0.6) is 0 Å². The van der Waals surface area contributed by atoms with Gasteiger partial charge in [-0.05, 0) is 35.3 Å². The highest BCUT2D eigenvalue weighted by Gasteiger charge is 2.28. The number of rotatable bonds is 3. The minimum Gasteiger partial charge on any atom is -0.401 e. The quantitative estimate of drug-likeness (QED) is 0.353. The Bertz CT molecular complexity index is 1110. The molecule has 1 aromatic heterocycles. The molecule has 1 aliphatic heterocycles. The molecular formula is C21H15Cl2NO2S. The molecule has 0 saturated carbocycles. The number of ether oxygens (including phenoxy) is 1. The Balaban J connectivity index is 1.70. The van der Waals surface area contributed by atoms with Gasteiger partial charge in [0.25, 0.3) is 0 Å². The van der Waals surface area contributed by atoms with Gasteiger partial charge < -0.3 is 4.74 Å². The van der Waals surface area contributed by atoms with Gasteiger partial charge in [-0.2, -0.15) is 0 Å². The Hall–Kier alpha value is -2.14. The lowest BCUT2D eigenvalue weighted by Crippen LogP contribution is -2.04. The van der Waals surface area contributed by atoms with Gasteiger partial charge in [0.2, 0.25) is 5.90 Å². The highest BCUT2D eigenvalue weighted by atomic mass is 35.5. The Morgan fingerprint density at radius 1 is 1.11 bits per heavy atom. The van der Waals surface area contributed by atoms with Gasteiger partial charge in [0.1, 0.15) is 4.88 Å². The third-order valence-corrected chi connectivity index (χ3v) is 6.19. The van der Waals surface area contributed by atoms with E-state index in [1.807, 2.05) is 24.3 Å². The summed E-state index contributed by atoms with van der Waals surface area (Å²) in [5.41, 5.74) is 2.39. The molecule has 0 fully saturated rings. The second kappa shape index (κ2) is 7.12. The molecule has 4 rings (SSSR count). The summed E-state index contributed by atoms with van der Waals surface area (Å²) in [6, 6.07) is 13.5. The van der Waals surface area contributed by atoms with Crippen molar-refractivity contribution >= 4 is 62.6 Å². The van der Waals surface area contributed by atoms with Crippen molar-refractivity contribution in [2.75, 3.05) is 0 Å². The van der Waals surface area contributed by atoms with Crippen molar-refractivity contribution in [2.24, 2.45) is 4.99 Å². The van der Waals surface area contributed by atoms with Crippen LogP contribution in [0.4, 0.5) is 0 Å². The van der Waals surface area contributed by atoms with Crippen molar-refractivity contribution in [3.8, 4) is 0 Å². The number of esters is 1. The molecule has 0 N–H and O–H groups in total. The summed E-state index contributed by atoms with van der Waals surface area (Å²) >= 11 is 13.9. The third kappa shape index (κ3) is 3.53. The van der Waals surface area contributed by atoms with Gasteiger partial charge >= 0.3 is 5.97 Å². The number of hydrogen-bond acceptors (Lipinski definition) is 4. The summed E-state index contributed by atoms with van der Waals surface area (Å²) < 4.78 is 6.29. The molecule has 0 bridgehead atoms.